The molecule has 0 radical (unpaired) electrons. The summed E-state index contributed by atoms with van der Waals surface area (Å²) in [5.41, 5.74) is 8.92. The fourth-order valence-corrected chi connectivity index (χ4v) is 7.00. The van der Waals surface area contributed by atoms with Crippen LogP contribution >= 0.6 is 11.8 Å². The lowest BCUT2D eigenvalue weighted by Crippen LogP contribution is -2.34. The molecule has 0 atom stereocenters. The summed E-state index contributed by atoms with van der Waals surface area (Å²) in [7, 11) is 4.07. The molecular formula is C39H56N6O4S. The van der Waals surface area contributed by atoms with Gasteiger partial charge in [0.05, 0.1) is 10.5 Å². The molecule has 0 aromatic heterocycles. The zero-order valence-corrected chi connectivity index (χ0v) is 30.6. The summed E-state index contributed by atoms with van der Waals surface area (Å²) in [5, 5.41) is 8.76. The van der Waals surface area contributed by atoms with Gasteiger partial charge < -0.3 is 36.2 Å². The van der Waals surface area contributed by atoms with Crippen molar-refractivity contribution in [3.63, 3.8) is 0 Å². The summed E-state index contributed by atoms with van der Waals surface area (Å²) in [4.78, 5) is 41.5. The third-order valence-corrected chi connectivity index (χ3v) is 9.83. The van der Waals surface area contributed by atoms with Gasteiger partial charge in [-0.2, -0.15) is 0 Å². The van der Waals surface area contributed by atoms with Crippen LogP contribution in [0.4, 0.5) is 0 Å². The van der Waals surface area contributed by atoms with E-state index in [1.54, 1.807) is 11.8 Å². The van der Waals surface area contributed by atoms with E-state index in [1.165, 1.54) is 0 Å². The number of carbonyl (C=O) groups excluding carboxylic acids is 3. The number of nitrogens with zero attached hydrogens (tertiary/aromatic N) is 2. The van der Waals surface area contributed by atoms with E-state index < -0.39 is 4.75 Å². The second-order valence-corrected chi connectivity index (χ2v) is 13.6. The first-order valence-corrected chi connectivity index (χ1v) is 18.6. The highest BCUT2D eigenvalue weighted by molar-refractivity contribution is 8.01. The second kappa shape index (κ2) is 23.6. The van der Waals surface area contributed by atoms with Gasteiger partial charge in [-0.05, 0) is 89.2 Å². The first-order valence-electron chi connectivity index (χ1n) is 17.6. The van der Waals surface area contributed by atoms with Crippen molar-refractivity contribution < 1.29 is 19.1 Å². The highest BCUT2D eigenvalue weighted by Crippen LogP contribution is 2.48. The zero-order chi connectivity index (χ0) is 35.9. The van der Waals surface area contributed by atoms with Crippen LogP contribution in [-0.4, -0.2) is 113 Å². The number of nitrogens with one attached hydrogen (secondary N) is 3. The largest absolute Gasteiger partial charge is 0.362 e. The first kappa shape index (κ1) is 40.7. The van der Waals surface area contributed by atoms with Crippen molar-refractivity contribution in [1.29, 1.82) is 0 Å². The molecule has 0 saturated carbocycles. The Morgan fingerprint density at radius 3 is 1.34 bits per heavy atom. The zero-order valence-electron chi connectivity index (χ0n) is 29.8. The monoisotopic (exact) mass is 704 g/mol. The van der Waals surface area contributed by atoms with E-state index in [-0.39, 0.29) is 30.9 Å². The van der Waals surface area contributed by atoms with Crippen LogP contribution in [0.2, 0.25) is 0 Å². The maximum Gasteiger partial charge on any atom is 0.246 e. The average Bonchev–Trinajstić information content (AvgIpc) is 3.14. The number of rotatable bonds is 25. The number of benzene rings is 3. The van der Waals surface area contributed by atoms with E-state index in [1.807, 2.05) is 68.7 Å². The van der Waals surface area contributed by atoms with E-state index in [0.29, 0.717) is 31.9 Å². The van der Waals surface area contributed by atoms with E-state index in [0.717, 1.165) is 68.6 Å². The van der Waals surface area contributed by atoms with Crippen LogP contribution in [0.3, 0.4) is 0 Å². The Morgan fingerprint density at radius 1 is 0.600 bits per heavy atom. The van der Waals surface area contributed by atoms with Gasteiger partial charge in [0.25, 0.3) is 0 Å². The molecule has 3 amide bonds. The van der Waals surface area contributed by atoms with Crippen LogP contribution < -0.4 is 21.7 Å². The minimum absolute atomic E-state index is 0.00845. The van der Waals surface area contributed by atoms with Crippen LogP contribution in [0.15, 0.2) is 91.0 Å². The van der Waals surface area contributed by atoms with Gasteiger partial charge in [-0.15, -0.1) is 11.8 Å². The summed E-state index contributed by atoms with van der Waals surface area (Å²) in [6.45, 7) is 5.54. The molecule has 0 aliphatic carbocycles. The number of carbonyl (C=O) groups is 3. The van der Waals surface area contributed by atoms with Crippen molar-refractivity contribution in [2.75, 3.05) is 85.4 Å². The lowest BCUT2D eigenvalue weighted by molar-refractivity contribution is -0.131. The van der Waals surface area contributed by atoms with Gasteiger partial charge in [-0.25, -0.2) is 0 Å². The molecule has 0 unspecified atom stereocenters. The number of hydrogen-bond acceptors (Lipinski definition) is 8. The second-order valence-electron chi connectivity index (χ2n) is 12.4. The van der Waals surface area contributed by atoms with Crippen LogP contribution in [0.1, 0.15) is 42.4 Å². The van der Waals surface area contributed by atoms with E-state index in [2.05, 4.69) is 62.1 Å². The summed E-state index contributed by atoms with van der Waals surface area (Å²) in [6, 6.07) is 31.2. The van der Waals surface area contributed by atoms with Gasteiger partial charge in [-0.1, -0.05) is 91.0 Å². The van der Waals surface area contributed by atoms with Crippen molar-refractivity contribution in [2.45, 2.75) is 30.4 Å². The molecule has 0 bridgehead atoms. The third kappa shape index (κ3) is 14.6. The maximum atomic E-state index is 13.1. The van der Waals surface area contributed by atoms with E-state index in [4.69, 9.17) is 10.5 Å². The molecule has 3 rings (SSSR count). The fraction of sp³-hybridized carbons (Fsp3) is 0.462. The lowest BCUT2D eigenvalue weighted by atomic mass is 9.84. The molecule has 0 heterocycles. The molecule has 0 aliphatic rings. The molecule has 0 aliphatic heterocycles. The Hall–Kier alpha value is -3.74. The van der Waals surface area contributed by atoms with Crippen molar-refractivity contribution >= 4 is 29.5 Å². The molecule has 0 saturated heterocycles. The lowest BCUT2D eigenvalue weighted by Gasteiger charge is -2.35. The molecule has 3 aromatic rings. The smallest absolute Gasteiger partial charge is 0.246 e. The molecular weight excluding hydrogens is 649 g/mol. The standard InChI is InChI=1S/C39H56N6O4S/c1-44(26-12-22-40)27-13-23-41-36(46)30-49-31-37(47)42-24-14-28-45(2)29-15-25-43-38(48)32-50-39(33-16-6-3-7-17-33,34-18-8-4-9-19-34)35-20-10-5-11-21-35/h3-11,16-21H,12-15,22-32,40H2,1-2H3,(H,41,46)(H,42,47)(H,43,48). The van der Waals surface area contributed by atoms with Crippen LogP contribution in [-0.2, 0) is 23.9 Å². The number of amides is 3. The van der Waals surface area contributed by atoms with E-state index in [9.17, 15) is 14.4 Å². The van der Waals surface area contributed by atoms with Gasteiger partial charge >= 0.3 is 0 Å². The molecule has 0 spiro atoms. The summed E-state index contributed by atoms with van der Waals surface area (Å²) >= 11 is 1.64. The third-order valence-electron chi connectivity index (χ3n) is 8.29. The van der Waals surface area contributed by atoms with Gasteiger partial charge in [0, 0.05) is 19.6 Å². The Balaban J connectivity index is 1.30. The maximum absolute atomic E-state index is 13.1. The van der Waals surface area contributed by atoms with Crippen molar-refractivity contribution in [3.05, 3.63) is 108 Å². The minimum Gasteiger partial charge on any atom is -0.362 e. The van der Waals surface area contributed by atoms with Crippen molar-refractivity contribution in [2.24, 2.45) is 5.73 Å². The number of hydrogen-bond donors (Lipinski definition) is 4. The Bertz CT molecular complexity index is 1290. The van der Waals surface area contributed by atoms with Gasteiger partial charge in [0.15, 0.2) is 0 Å². The predicted molar refractivity (Wildman–Crippen MR) is 204 cm³/mol. The summed E-state index contributed by atoms with van der Waals surface area (Å²) < 4.78 is 4.73. The van der Waals surface area contributed by atoms with Crippen molar-refractivity contribution in [1.82, 2.24) is 25.8 Å². The Kier molecular flexibility index (Phi) is 19.2. The van der Waals surface area contributed by atoms with Crippen LogP contribution in [0, 0.1) is 0 Å². The quantitative estimate of drug-likeness (QED) is 0.0781. The highest BCUT2D eigenvalue weighted by atomic mass is 32.2. The van der Waals surface area contributed by atoms with Crippen LogP contribution in [0.25, 0.3) is 0 Å². The fourth-order valence-electron chi connectivity index (χ4n) is 5.65. The highest BCUT2D eigenvalue weighted by Gasteiger charge is 2.37. The van der Waals surface area contributed by atoms with Crippen molar-refractivity contribution in [3.8, 4) is 0 Å². The normalized spacial score (nSPS) is 11.5. The topological polar surface area (TPSA) is 129 Å². The molecule has 11 heteroatoms. The van der Waals surface area contributed by atoms with Gasteiger partial charge in [-0.3, -0.25) is 14.4 Å². The molecule has 3 aromatic carbocycles. The Morgan fingerprint density at radius 2 is 0.960 bits per heavy atom. The van der Waals surface area contributed by atoms with Gasteiger partial charge in [0.1, 0.15) is 13.2 Å². The Labute approximate surface area is 302 Å². The van der Waals surface area contributed by atoms with Crippen LogP contribution in [0.5, 0.6) is 0 Å². The number of thioether (sulfide) groups is 1. The number of nitrogens with two attached hydrogens (primary N) is 1. The predicted octanol–water partition coefficient (Wildman–Crippen LogP) is 3.46. The number of ether oxygens (including phenoxy) is 1. The van der Waals surface area contributed by atoms with E-state index >= 15 is 0 Å². The molecule has 272 valence electrons. The average molecular weight is 705 g/mol. The first-order chi connectivity index (χ1) is 24.3. The molecule has 0 fully saturated rings. The molecule has 10 nitrogen and oxygen atoms in total. The summed E-state index contributed by atoms with van der Waals surface area (Å²) in [6.07, 6.45) is 3.41. The molecule has 50 heavy (non-hydrogen) atoms. The molecule has 5 N–H and O–H groups in total. The summed E-state index contributed by atoms with van der Waals surface area (Å²) in [5.74, 6) is -0.137. The minimum atomic E-state index is -0.528. The SMILES string of the molecule is CN(CCCN)CCCNC(=O)COCC(=O)NCCCN(C)CCCNC(=O)CSC(c1ccccc1)(c1ccccc1)c1ccccc1. The van der Waals surface area contributed by atoms with Gasteiger partial charge in [0.2, 0.25) is 17.7 Å².